The van der Waals surface area contributed by atoms with Crippen LogP contribution in [0.5, 0.6) is 0 Å². The third kappa shape index (κ3) is 2.93. The zero-order chi connectivity index (χ0) is 10.6. The van der Waals surface area contributed by atoms with Crippen molar-refractivity contribution in [3.8, 4) is 0 Å². The van der Waals surface area contributed by atoms with Gasteiger partial charge in [-0.15, -0.1) is 17.2 Å². The van der Waals surface area contributed by atoms with E-state index in [9.17, 15) is 0 Å². The summed E-state index contributed by atoms with van der Waals surface area (Å²) in [6.07, 6.45) is 7.40. The Morgan fingerprint density at radius 3 is 1.71 bits per heavy atom. The Kier molecular flexibility index (Phi) is 5.37. The number of hydrogen-bond donors (Lipinski definition) is 0. The molecule has 0 bridgehead atoms. The lowest BCUT2D eigenvalue weighted by Crippen LogP contribution is -2.34. The van der Waals surface area contributed by atoms with Crippen LogP contribution in [-0.4, -0.2) is 24.6 Å². The largest absolute Gasteiger partial charge is 0.122 e. The molecule has 1 fully saturated rings. The lowest BCUT2D eigenvalue weighted by atomic mass is 9.70. The van der Waals surface area contributed by atoms with Gasteiger partial charge in [-0.25, -0.2) is 0 Å². The van der Waals surface area contributed by atoms with Crippen molar-refractivity contribution in [3.63, 3.8) is 0 Å². The van der Waals surface area contributed by atoms with Crippen LogP contribution in [0.1, 0.15) is 46.0 Å². The van der Waals surface area contributed by atoms with Gasteiger partial charge in [0, 0.05) is 0 Å². The highest BCUT2D eigenvalue weighted by Crippen LogP contribution is 2.50. The first-order valence-corrected chi connectivity index (χ1v) is 9.19. The van der Waals surface area contributed by atoms with E-state index in [0.717, 1.165) is 16.7 Å². The molecule has 4 unspecified atom stereocenters. The van der Waals surface area contributed by atoms with Gasteiger partial charge in [0.2, 0.25) is 0 Å². The minimum atomic E-state index is 0.722. The molecule has 1 aliphatic rings. The van der Waals surface area contributed by atoms with Crippen molar-refractivity contribution in [2.75, 3.05) is 13.3 Å². The van der Waals surface area contributed by atoms with Crippen LogP contribution in [-0.2, 0) is 0 Å². The second kappa shape index (κ2) is 5.81. The van der Waals surface area contributed by atoms with E-state index in [4.69, 9.17) is 0 Å². The molecule has 84 valence electrons. The van der Waals surface area contributed by atoms with Gasteiger partial charge in [0.25, 0.3) is 0 Å². The second-order valence-electron chi connectivity index (χ2n) is 4.82. The standard InChI is InChI=1S/C12H26P2/c1-5-12(6-2)8-10(13-3)7-11(9-12)14-4/h10-11,13-14H,5-9H2,1-4H3. The topological polar surface area (TPSA) is 0 Å². The summed E-state index contributed by atoms with van der Waals surface area (Å²) in [5.74, 6) is 0. The molecule has 0 heterocycles. The monoisotopic (exact) mass is 232 g/mol. The van der Waals surface area contributed by atoms with Crippen molar-refractivity contribution in [1.82, 2.24) is 0 Å². The Morgan fingerprint density at radius 2 is 1.43 bits per heavy atom. The molecule has 0 aromatic rings. The van der Waals surface area contributed by atoms with E-state index in [1.807, 2.05) is 0 Å². The minimum Gasteiger partial charge on any atom is -0.122 e. The second-order valence-corrected chi connectivity index (χ2v) is 7.61. The molecule has 14 heavy (non-hydrogen) atoms. The van der Waals surface area contributed by atoms with Gasteiger partial charge in [-0.05, 0) is 49.3 Å². The molecule has 0 nitrogen and oxygen atoms in total. The number of rotatable bonds is 4. The molecule has 0 aromatic heterocycles. The Morgan fingerprint density at radius 1 is 1.00 bits per heavy atom. The maximum absolute atomic E-state index is 2.40. The highest BCUT2D eigenvalue weighted by Gasteiger charge is 2.36. The van der Waals surface area contributed by atoms with Gasteiger partial charge in [-0.3, -0.25) is 0 Å². The van der Waals surface area contributed by atoms with E-state index >= 15 is 0 Å². The van der Waals surface area contributed by atoms with Gasteiger partial charge in [0.05, 0.1) is 0 Å². The molecular formula is C12H26P2. The predicted octanol–water partition coefficient (Wildman–Crippen LogP) is 4.33. The normalized spacial score (nSPS) is 33.4. The smallest absolute Gasteiger partial charge is 0.0228 e. The summed E-state index contributed by atoms with van der Waals surface area (Å²) < 4.78 is 0. The first kappa shape index (κ1) is 12.9. The molecule has 0 radical (unpaired) electrons. The van der Waals surface area contributed by atoms with Gasteiger partial charge < -0.3 is 0 Å². The zero-order valence-electron chi connectivity index (χ0n) is 10.2. The molecule has 1 saturated carbocycles. The fourth-order valence-corrected chi connectivity index (χ4v) is 5.46. The highest BCUT2D eigenvalue weighted by atomic mass is 31.1. The summed E-state index contributed by atoms with van der Waals surface area (Å²) in [7, 11) is 2.35. The summed E-state index contributed by atoms with van der Waals surface area (Å²) in [6.45, 7) is 9.62. The molecular weight excluding hydrogens is 206 g/mol. The fraction of sp³-hybridized carbons (Fsp3) is 1.00. The SMILES string of the molecule is CCC1(CC)CC(PC)CC(PC)C1. The van der Waals surface area contributed by atoms with Crippen molar-refractivity contribution in [1.29, 1.82) is 0 Å². The number of hydrogen-bond acceptors (Lipinski definition) is 0. The van der Waals surface area contributed by atoms with E-state index in [2.05, 4.69) is 27.2 Å². The van der Waals surface area contributed by atoms with Crippen LogP contribution < -0.4 is 0 Å². The van der Waals surface area contributed by atoms with Crippen molar-refractivity contribution in [2.45, 2.75) is 57.3 Å². The average molecular weight is 232 g/mol. The van der Waals surface area contributed by atoms with E-state index in [1.165, 1.54) is 49.3 Å². The molecule has 0 spiro atoms. The van der Waals surface area contributed by atoms with Crippen LogP contribution in [0.2, 0.25) is 0 Å². The van der Waals surface area contributed by atoms with Crippen LogP contribution in [0, 0.1) is 5.41 Å². The first-order valence-electron chi connectivity index (χ1n) is 6.04. The Labute approximate surface area is 93.6 Å². The van der Waals surface area contributed by atoms with Crippen LogP contribution >= 0.6 is 17.2 Å². The molecule has 0 aromatic carbocycles. The third-order valence-corrected chi connectivity index (χ3v) is 6.76. The van der Waals surface area contributed by atoms with Crippen molar-refractivity contribution in [3.05, 3.63) is 0 Å². The maximum Gasteiger partial charge on any atom is -0.0228 e. The van der Waals surface area contributed by atoms with Crippen molar-refractivity contribution >= 4 is 17.2 Å². The van der Waals surface area contributed by atoms with E-state index in [0.29, 0.717) is 0 Å². The van der Waals surface area contributed by atoms with Gasteiger partial charge >= 0.3 is 0 Å². The summed E-state index contributed by atoms with van der Waals surface area (Å²) in [5, 5.41) is 0. The molecule has 0 saturated heterocycles. The van der Waals surface area contributed by atoms with Crippen LogP contribution in [0.15, 0.2) is 0 Å². The molecule has 2 heteroatoms. The zero-order valence-corrected chi connectivity index (χ0v) is 12.2. The molecule has 0 amide bonds. The lowest BCUT2D eigenvalue weighted by Gasteiger charge is -2.43. The third-order valence-electron chi connectivity index (χ3n) is 4.24. The Hall–Kier alpha value is 0.860. The molecule has 1 rings (SSSR count). The molecule has 4 atom stereocenters. The Bertz CT molecular complexity index is 150. The van der Waals surface area contributed by atoms with Gasteiger partial charge in [0.15, 0.2) is 0 Å². The fourth-order valence-electron chi connectivity index (χ4n) is 2.91. The molecule has 1 aliphatic carbocycles. The first-order chi connectivity index (χ1) is 6.69. The van der Waals surface area contributed by atoms with E-state index < -0.39 is 0 Å². The summed E-state index contributed by atoms with van der Waals surface area (Å²) >= 11 is 0. The quantitative estimate of drug-likeness (QED) is 0.633. The summed E-state index contributed by atoms with van der Waals surface area (Å²) in [6, 6.07) is 0. The van der Waals surface area contributed by atoms with E-state index in [1.54, 1.807) is 0 Å². The van der Waals surface area contributed by atoms with Crippen molar-refractivity contribution < 1.29 is 0 Å². The summed E-state index contributed by atoms with van der Waals surface area (Å²) in [4.78, 5) is 0. The highest BCUT2D eigenvalue weighted by molar-refractivity contribution is 7.39. The van der Waals surface area contributed by atoms with Gasteiger partial charge in [-0.1, -0.05) is 26.7 Å². The molecule has 0 aliphatic heterocycles. The lowest BCUT2D eigenvalue weighted by molar-refractivity contribution is 0.181. The maximum atomic E-state index is 2.40. The van der Waals surface area contributed by atoms with Crippen molar-refractivity contribution in [2.24, 2.45) is 5.41 Å². The minimum absolute atomic E-state index is 0.722. The van der Waals surface area contributed by atoms with Gasteiger partial charge in [-0.2, -0.15) is 0 Å². The van der Waals surface area contributed by atoms with Crippen LogP contribution in [0.25, 0.3) is 0 Å². The Balaban J connectivity index is 2.67. The predicted molar refractivity (Wildman–Crippen MR) is 72.9 cm³/mol. The van der Waals surface area contributed by atoms with Crippen LogP contribution in [0.3, 0.4) is 0 Å². The summed E-state index contributed by atoms with van der Waals surface area (Å²) in [5.41, 5.74) is 2.83. The van der Waals surface area contributed by atoms with Gasteiger partial charge in [0.1, 0.15) is 0 Å². The van der Waals surface area contributed by atoms with E-state index in [-0.39, 0.29) is 0 Å². The molecule has 0 N–H and O–H groups in total. The average Bonchev–Trinajstić information content (AvgIpc) is 2.28. The van der Waals surface area contributed by atoms with Crippen LogP contribution in [0.4, 0.5) is 0 Å².